The number of para-hydroxylation sites is 1. The normalized spacial score (nSPS) is 17.2. The summed E-state index contributed by atoms with van der Waals surface area (Å²) in [4.78, 5) is 12.1. The van der Waals surface area contributed by atoms with Crippen LogP contribution in [0.15, 0.2) is 24.3 Å². The highest BCUT2D eigenvalue weighted by Crippen LogP contribution is 2.24. The van der Waals surface area contributed by atoms with Crippen LogP contribution in [0.3, 0.4) is 0 Å². The zero-order valence-corrected chi connectivity index (χ0v) is 13.0. The van der Waals surface area contributed by atoms with Crippen molar-refractivity contribution in [3.63, 3.8) is 0 Å². The van der Waals surface area contributed by atoms with Crippen molar-refractivity contribution in [3.05, 3.63) is 29.8 Å². The third-order valence-electron chi connectivity index (χ3n) is 4.22. The second-order valence-electron chi connectivity index (χ2n) is 5.76. The first-order valence-corrected chi connectivity index (χ1v) is 7.83. The highest BCUT2D eigenvalue weighted by atomic mass is 16.5. The predicted octanol–water partition coefficient (Wildman–Crippen LogP) is 2.65. The second-order valence-corrected chi connectivity index (χ2v) is 5.76. The lowest BCUT2D eigenvalue weighted by Gasteiger charge is -2.23. The van der Waals surface area contributed by atoms with E-state index >= 15 is 0 Å². The molecule has 1 atom stereocenters. The number of methoxy groups -OCH3 is 1. The minimum Gasteiger partial charge on any atom is -0.496 e. The van der Waals surface area contributed by atoms with Gasteiger partial charge in [-0.25, -0.2) is 0 Å². The van der Waals surface area contributed by atoms with E-state index in [1.807, 2.05) is 31.2 Å². The average molecular weight is 290 g/mol. The van der Waals surface area contributed by atoms with Gasteiger partial charge in [0.2, 0.25) is 5.91 Å². The monoisotopic (exact) mass is 290 g/mol. The van der Waals surface area contributed by atoms with Crippen molar-refractivity contribution < 1.29 is 9.53 Å². The predicted molar refractivity (Wildman–Crippen MR) is 84.4 cm³/mol. The van der Waals surface area contributed by atoms with Crippen LogP contribution in [0, 0.1) is 5.92 Å². The molecule has 0 saturated carbocycles. The van der Waals surface area contributed by atoms with Crippen LogP contribution >= 0.6 is 0 Å². The fourth-order valence-corrected chi connectivity index (χ4v) is 2.92. The summed E-state index contributed by atoms with van der Waals surface area (Å²) in [6.45, 7) is 4.17. The number of ether oxygens (including phenoxy) is 1. The molecule has 1 aliphatic rings. The Labute approximate surface area is 127 Å². The van der Waals surface area contributed by atoms with E-state index in [9.17, 15) is 4.79 Å². The summed E-state index contributed by atoms with van der Waals surface area (Å²) in [5, 5.41) is 6.43. The molecule has 21 heavy (non-hydrogen) atoms. The molecule has 1 aromatic carbocycles. The Morgan fingerprint density at radius 2 is 2.10 bits per heavy atom. The molecular formula is C17H26N2O2. The van der Waals surface area contributed by atoms with Crippen LogP contribution in [0.5, 0.6) is 5.75 Å². The first-order valence-electron chi connectivity index (χ1n) is 7.83. The van der Waals surface area contributed by atoms with Crippen LogP contribution in [-0.2, 0) is 4.79 Å². The third kappa shape index (κ3) is 4.74. The molecule has 2 rings (SSSR count). The molecule has 0 aromatic heterocycles. The number of rotatable bonds is 6. The van der Waals surface area contributed by atoms with E-state index in [1.165, 1.54) is 12.8 Å². The molecule has 1 aliphatic heterocycles. The second kappa shape index (κ2) is 8.03. The van der Waals surface area contributed by atoms with Crippen molar-refractivity contribution in [3.8, 4) is 5.75 Å². The van der Waals surface area contributed by atoms with Gasteiger partial charge in [0.1, 0.15) is 5.75 Å². The van der Waals surface area contributed by atoms with Crippen LogP contribution in [0.2, 0.25) is 0 Å². The van der Waals surface area contributed by atoms with E-state index < -0.39 is 0 Å². The molecule has 1 unspecified atom stereocenters. The molecular weight excluding hydrogens is 264 g/mol. The summed E-state index contributed by atoms with van der Waals surface area (Å²) >= 11 is 0. The van der Waals surface area contributed by atoms with E-state index in [0.717, 1.165) is 30.8 Å². The highest BCUT2D eigenvalue weighted by molar-refractivity contribution is 5.76. The third-order valence-corrected chi connectivity index (χ3v) is 4.22. The van der Waals surface area contributed by atoms with Gasteiger partial charge in [0.05, 0.1) is 13.2 Å². The van der Waals surface area contributed by atoms with Crippen LogP contribution in [0.4, 0.5) is 0 Å². The lowest BCUT2D eigenvalue weighted by molar-refractivity contribution is -0.122. The molecule has 1 heterocycles. The number of benzene rings is 1. The molecule has 2 N–H and O–H groups in total. The Balaban J connectivity index is 1.81. The molecule has 0 radical (unpaired) electrons. The molecule has 116 valence electrons. The van der Waals surface area contributed by atoms with Gasteiger partial charge in [-0.3, -0.25) is 4.79 Å². The van der Waals surface area contributed by atoms with Gasteiger partial charge < -0.3 is 15.4 Å². The minimum absolute atomic E-state index is 0.0262. The van der Waals surface area contributed by atoms with E-state index in [0.29, 0.717) is 12.3 Å². The van der Waals surface area contributed by atoms with Gasteiger partial charge in [0.15, 0.2) is 0 Å². The number of amides is 1. The first-order chi connectivity index (χ1) is 10.2. The first kappa shape index (κ1) is 15.8. The van der Waals surface area contributed by atoms with E-state index in [-0.39, 0.29) is 11.9 Å². The maximum absolute atomic E-state index is 12.1. The van der Waals surface area contributed by atoms with Gasteiger partial charge >= 0.3 is 0 Å². The fourth-order valence-electron chi connectivity index (χ4n) is 2.92. The van der Waals surface area contributed by atoms with Crippen molar-refractivity contribution in [2.24, 2.45) is 5.92 Å². The number of carbonyl (C=O) groups excluding carboxylic acids is 1. The molecule has 1 aromatic rings. The molecule has 0 bridgehead atoms. The van der Waals surface area contributed by atoms with Gasteiger partial charge in [-0.1, -0.05) is 18.2 Å². The quantitative estimate of drug-likeness (QED) is 0.847. The van der Waals surface area contributed by atoms with Gasteiger partial charge in [-0.05, 0) is 51.3 Å². The summed E-state index contributed by atoms with van der Waals surface area (Å²) in [7, 11) is 1.66. The summed E-state index contributed by atoms with van der Waals surface area (Å²) in [5.74, 6) is 1.65. The zero-order valence-electron chi connectivity index (χ0n) is 13.0. The zero-order chi connectivity index (χ0) is 15.1. The largest absolute Gasteiger partial charge is 0.496 e. The molecule has 1 saturated heterocycles. The number of hydrogen-bond donors (Lipinski definition) is 2. The van der Waals surface area contributed by atoms with E-state index in [2.05, 4.69) is 10.6 Å². The molecule has 1 amide bonds. The number of carbonyl (C=O) groups is 1. The lowest BCUT2D eigenvalue weighted by Crippen LogP contribution is -2.30. The smallest absolute Gasteiger partial charge is 0.220 e. The van der Waals surface area contributed by atoms with Gasteiger partial charge in [0, 0.05) is 12.0 Å². The average Bonchev–Trinajstić information content (AvgIpc) is 2.53. The molecule has 0 spiro atoms. The Hall–Kier alpha value is -1.55. The molecule has 0 aliphatic carbocycles. The summed E-state index contributed by atoms with van der Waals surface area (Å²) in [6.07, 6.45) is 3.99. The maximum atomic E-state index is 12.1. The molecule has 4 nitrogen and oxygen atoms in total. The van der Waals surface area contributed by atoms with E-state index in [1.54, 1.807) is 7.11 Å². The SMILES string of the molecule is COc1ccccc1C(C)NC(=O)CCC1CCNCC1. The van der Waals surface area contributed by atoms with Gasteiger partial charge in [-0.2, -0.15) is 0 Å². The Morgan fingerprint density at radius 3 is 2.81 bits per heavy atom. The Bertz CT molecular complexity index is 456. The summed E-state index contributed by atoms with van der Waals surface area (Å²) < 4.78 is 5.34. The van der Waals surface area contributed by atoms with Gasteiger partial charge in [-0.15, -0.1) is 0 Å². The van der Waals surface area contributed by atoms with Crippen molar-refractivity contribution >= 4 is 5.91 Å². The highest BCUT2D eigenvalue weighted by Gasteiger charge is 2.17. The van der Waals surface area contributed by atoms with Crippen LogP contribution in [0.1, 0.15) is 44.2 Å². The molecule has 4 heteroatoms. The Kier molecular flexibility index (Phi) is 6.05. The van der Waals surface area contributed by atoms with Gasteiger partial charge in [0.25, 0.3) is 0 Å². The maximum Gasteiger partial charge on any atom is 0.220 e. The Morgan fingerprint density at radius 1 is 1.38 bits per heavy atom. The summed E-state index contributed by atoms with van der Waals surface area (Å²) in [6, 6.07) is 7.80. The number of hydrogen-bond acceptors (Lipinski definition) is 3. The molecule has 1 fully saturated rings. The van der Waals surface area contributed by atoms with E-state index in [4.69, 9.17) is 4.74 Å². The van der Waals surface area contributed by atoms with Crippen molar-refractivity contribution in [2.45, 2.75) is 38.6 Å². The van der Waals surface area contributed by atoms with Crippen LogP contribution < -0.4 is 15.4 Å². The number of piperidine rings is 1. The van der Waals surface area contributed by atoms with Crippen LogP contribution in [0.25, 0.3) is 0 Å². The number of nitrogens with one attached hydrogen (secondary N) is 2. The minimum atomic E-state index is -0.0262. The summed E-state index contributed by atoms with van der Waals surface area (Å²) in [5.41, 5.74) is 1.02. The lowest BCUT2D eigenvalue weighted by atomic mass is 9.93. The van der Waals surface area contributed by atoms with Crippen molar-refractivity contribution in [1.29, 1.82) is 0 Å². The fraction of sp³-hybridized carbons (Fsp3) is 0.588. The standard InChI is InChI=1S/C17H26N2O2/c1-13(15-5-3-4-6-16(15)21-2)19-17(20)8-7-14-9-11-18-12-10-14/h3-6,13-14,18H,7-12H2,1-2H3,(H,19,20). The van der Waals surface area contributed by atoms with Crippen LogP contribution in [-0.4, -0.2) is 26.1 Å². The van der Waals surface area contributed by atoms with Crippen molar-refractivity contribution in [2.75, 3.05) is 20.2 Å². The topological polar surface area (TPSA) is 50.4 Å². The van der Waals surface area contributed by atoms with Crippen molar-refractivity contribution in [1.82, 2.24) is 10.6 Å².